The van der Waals surface area contributed by atoms with Crippen LogP contribution in [0.1, 0.15) is 18.9 Å². The van der Waals surface area contributed by atoms with Crippen LogP contribution in [0.2, 0.25) is 0 Å². The molecule has 0 N–H and O–H groups in total. The highest BCUT2D eigenvalue weighted by atomic mass is 16.5. The number of nitrogens with zero attached hydrogens (tertiary/aromatic N) is 2. The minimum absolute atomic E-state index is 0.184. The van der Waals surface area contributed by atoms with Crippen molar-refractivity contribution in [2.45, 2.75) is 20.3 Å². The maximum atomic E-state index is 11.0. The minimum atomic E-state index is -0.461. The summed E-state index contributed by atoms with van der Waals surface area (Å²) < 4.78 is 4.96. The van der Waals surface area contributed by atoms with Gasteiger partial charge < -0.3 is 9.64 Å². The second-order valence-corrected chi connectivity index (χ2v) is 3.97. The molecule has 0 fully saturated rings. The molecule has 0 aliphatic carbocycles. The van der Waals surface area contributed by atoms with Gasteiger partial charge in [0, 0.05) is 12.2 Å². The van der Waals surface area contributed by atoms with Crippen molar-refractivity contribution in [2.75, 3.05) is 24.6 Å². The van der Waals surface area contributed by atoms with E-state index in [0.717, 1.165) is 12.2 Å². The summed E-state index contributed by atoms with van der Waals surface area (Å²) in [5.74, 6) is -0.461. The first kappa shape index (κ1) is 14.0. The monoisotopic (exact) mass is 246 g/mol. The van der Waals surface area contributed by atoms with Crippen LogP contribution in [0.25, 0.3) is 0 Å². The Kier molecular flexibility index (Phi) is 5.72. The Morgan fingerprint density at radius 2 is 2.06 bits per heavy atom. The molecule has 0 radical (unpaired) electrons. The molecule has 1 rings (SSSR count). The maximum absolute atomic E-state index is 11.0. The molecule has 0 aliphatic heterocycles. The highest BCUT2D eigenvalue weighted by Crippen LogP contribution is 2.14. The van der Waals surface area contributed by atoms with Crippen molar-refractivity contribution in [1.29, 1.82) is 5.26 Å². The van der Waals surface area contributed by atoms with E-state index in [2.05, 4.69) is 36.1 Å². The van der Waals surface area contributed by atoms with E-state index in [1.54, 1.807) is 6.07 Å². The molecule has 1 aromatic carbocycles. The van der Waals surface area contributed by atoms with E-state index in [1.165, 1.54) is 5.56 Å². The van der Waals surface area contributed by atoms with E-state index in [-0.39, 0.29) is 6.42 Å². The number of carbonyl (C=O) groups excluding carboxylic acids is 1. The van der Waals surface area contributed by atoms with Gasteiger partial charge in [-0.1, -0.05) is 17.7 Å². The Morgan fingerprint density at radius 3 is 2.61 bits per heavy atom. The third kappa shape index (κ3) is 4.46. The molecule has 0 aromatic heterocycles. The molecule has 0 unspecified atom stereocenters. The quantitative estimate of drug-likeness (QED) is 0.723. The summed E-state index contributed by atoms with van der Waals surface area (Å²) in [4.78, 5) is 13.2. The van der Waals surface area contributed by atoms with Crippen LogP contribution in [0.15, 0.2) is 24.3 Å². The standard InChI is InChI=1S/C14H18N2O2/c1-3-16(10-11-18-14(17)8-9-15)13-6-4-12(2)5-7-13/h4-7H,3,8,10-11H2,1-2H3. The first-order chi connectivity index (χ1) is 8.67. The summed E-state index contributed by atoms with van der Waals surface area (Å²) in [6, 6.07) is 9.98. The molecular weight excluding hydrogens is 228 g/mol. The molecule has 1 aromatic rings. The Balaban J connectivity index is 2.45. The third-order valence-corrected chi connectivity index (χ3v) is 2.63. The normalized spacial score (nSPS) is 9.61. The van der Waals surface area contributed by atoms with Gasteiger partial charge in [-0.25, -0.2) is 0 Å². The van der Waals surface area contributed by atoms with Crippen molar-refractivity contribution in [3.8, 4) is 6.07 Å². The number of esters is 1. The SMILES string of the molecule is CCN(CCOC(=O)CC#N)c1ccc(C)cc1. The van der Waals surface area contributed by atoms with Gasteiger partial charge in [0.25, 0.3) is 0 Å². The van der Waals surface area contributed by atoms with E-state index in [1.807, 2.05) is 6.92 Å². The van der Waals surface area contributed by atoms with Crippen molar-refractivity contribution < 1.29 is 9.53 Å². The second kappa shape index (κ2) is 7.33. The van der Waals surface area contributed by atoms with Crippen molar-refractivity contribution in [3.63, 3.8) is 0 Å². The van der Waals surface area contributed by atoms with Gasteiger partial charge in [0.15, 0.2) is 0 Å². The number of hydrogen-bond donors (Lipinski definition) is 0. The number of anilines is 1. The number of ether oxygens (including phenoxy) is 1. The molecule has 4 heteroatoms. The van der Waals surface area contributed by atoms with E-state index in [0.29, 0.717) is 13.2 Å². The molecule has 0 aliphatic rings. The number of nitriles is 1. The molecule has 0 amide bonds. The van der Waals surface area contributed by atoms with Crippen LogP contribution in [-0.2, 0) is 9.53 Å². The highest BCUT2D eigenvalue weighted by molar-refractivity contribution is 5.71. The van der Waals surface area contributed by atoms with Gasteiger partial charge in [0.1, 0.15) is 13.0 Å². The molecule has 0 spiro atoms. The lowest BCUT2D eigenvalue weighted by Gasteiger charge is -2.22. The van der Waals surface area contributed by atoms with Gasteiger partial charge in [0.2, 0.25) is 0 Å². The Labute approximate surface area is 108 Å². The molecule has 96 valence electrons. The molecule has 18 heavy (non-hydrogen) atoms. The zero-order valence-electron chi connectivity index (χ0n) is 10.8. The first-order valence-electron chi connectivity index (χ1n) is 6.01. The molecule has 0 saturated heterocycles. The van der Waals surface area contributed by atoms with E-state index < -0.39 is 5.97 Å². The maximum Gasteiger partial charge on any atom is 0.320 e. The summed E-state index contributed by atoms with van der Waals surface area (Å²) in [6.45, 7) is 5.89. The van der Waals surface area contributed by atoms with Gasteiger partial charge in [-0.15, -0.1) is 0 Å². The average molecular weight is 246 g/mol. The molecular formula is C14H18N2O2. The molecule has 0 saturated carbocycles. The zero-order valence-corrected chi connectivity index (χ0v) is 10.8. The second-order valence-electron chi connectivity index (χ2n) is 3.97. The smallest absolute Gasteiger partial charge is 0.320 e. The number of benzene rings is 1. The van der Waals surface area contributed by atoms with E-state index >= 15 is 0 Å². The van der Waals surface area contributed by atoms with Gasteiger partial charge >= 0.3 is 5.97 Å². The van der Waals surface area contributed by atoms with Gasteiger partial charge in [-0.2, -0.15) is 5.26 Å². The lowest BCUT2D eigenvalue weighted by Crippen LogP contribution is -2.27. The van der Waals surface area contributed by atoms with Crippen LogP contribution in [0, 0.1) is 18.3 Å². The number of carbonyl (C=O) groups is 1. The Hall–Kier alpha value is -2.02. The largest absolute Gasteiger partial charge is 0.463 e. The van der Waals surface area contributed by atoms with Crippen LogP contribution in [-0.4, -0.2) is 25.7 Å². The molecule has 0 bridgehead atoms. The lowest BCUT2D eigenvalue weighted by atomic mass is 10.2. The van der Waals surface area contributed by atoms with Crippen LogP contribution in [0.3, 0.4) is 0 Å². The summed E-state index contributed by atoms with van der Waals surface area (Å²) in [7, 11) is 0. The third-order valence-electron chi connectivity index (χ3n) is 2.63. The summed E-state index contributed by atoms with van der Waals surface area (Å²) in [5, 5.41) is 8.33. The van der Waals surface area contributed by atoms with E-state index in [4.69, 9.17) is 10.00 Å². The van der Waals surface area contributed by atoms with Crippen LogP contribution in [0.5, 0.6) is 0 Å². The fourth-order valence-electron chi connectivity index (χ4n) is 1.61. The minimum Gasteiger partial charge on any atom is -0.463 e. The molecule has 0 atom stereocenters. The van der Waals surface area contributed by atoms with Gasteiger partial charge in [0.05, 0.1) is 12.6 Å². The van der Waals surface area contributed by atoms with Crippen LogP contribution >= 0.6 is 0 Å². The van der Waals surface area contributed by atoms with Crippen LogP contribution in [0.4, 0.5) is 5.69 Å². The number of rotatable bonds is 6. The van der Waals surface area contributed by atoms with Crippen molar-refractivity contribution in [2.24, 2.45) is 0 Å². The summed E-state index contributed by atoms with van der Waals surface area (Å²) >= 11 is 0. The number of hydrogen-bond acceptors (Lipinski definition) is 4. The summed E-state index contributed by atoms with van der Waals surface area (Å²) in [5.41, 5.74) is 2.33. The first-order valence-corrected chi connectivity index (χ1v) is 6.01. The van der Waals surface area contributed by atoms with Gasteiger partial charge in [-0.05, 0) is 26.0 Å². The van der Waals surface area contributed by atoms with E-state index in [9.17, 15) is 4.79 Å². The number of likely N-dealkylation sites (N-methyl/N-ethyl adjacent to an activating group) is 1. The lowest BCUT2D eigenvalue weighted by molar-refractivity contribution is -0.142. The fourth-order valence-corrected chi connectivity index (χ4v) is 1.61. The fraction of sp³-hybridized carbons (Fsp3) is 0.429. The van der Waals surface area contributed by atoms with Crippen LogP contribution < -0.4 is 4.90 Å². The molecule has 4 nitrogen and oxygen atoms in total. The molecule has 0 heterocycles. The number of aryl methyl sites for hydroxylation is 1. The average Bonchev–Trinajstić information content (AvgIpc) is 2.36. The predicted molar refractivity (Wildman–Crippen MR) is 70.3 cm³/mol. The van der Waals surface area contributed by atoms with Crippen molar-refractivity contribution in [1.82, 2.24) is 0 Å². The zero-order chi connectivity index (χ0) is 13.4. The Morgan fingerprint density at radius 1 is 1.39 bits per heavy atom. The van der Waals surface area contributed by atoms with Crippen molar-refractivity contribution >= 4 is 11.7 Å². The van der Waals surface area contributed by atoms with Gasteiger partial charge in [-0.3, -0.25) is 4.79 Å². The predicted octanol–water partition coefficient (Wildman–Crippen LogP) is 2.28. The van der Waals surface area contributed by atoms with Crippen molar-refractivity contribution in [3.05, 3.63) is 29.8 Å². The highest BCUT2D eigenvalue weighted by Gasteiger charge is 2.06. The topological polar surface area (TPSA) is 53.3 Å². The Bertz CT molecular complexity index is 420. The summed E-state index contributed by atoms with van der Waals surface area (Å²) in [6.07, 6.45) is -0.184.